The lowest BCUT2D eigenvalue weighted by Crippen LogP contribution is -2.20. The Kier molecular flexibility index (Phi) is 4.14. The maximum Gasteiger partial charge on any atom is 0.259 e. The average Bonchev–Trinajstić information content (AvgIpc) is 3.09. The van der Waals surface area contributed by atoms with Crippen LogP contribution in [0.1, 0.15) is 41.4 Å². The summed E-state index contributed by atoms with van der Waals surface area (Å²) in [7, 11) is 0. The molecule has 1 N–H and O–H groups in total. The third-order valence-corrected chi connectivity index (χ3v) is 5.46. The molecule has 0 aromatic carbocycles. The zero-order chi connectivity index (χ0) is 16.6. The van der Waals surface area contributed by atoms with Crippen molar-refractivity contribution in [3.63, 3.8) is 0 Å². The summed E-state index contributed by atoms with van der Waals surface area (Å²) in [4.78, 5) is 33.4. The van der Waals surface area contributed by atoms with Gasteiger partial charge in [0.25, 0.3) is 5.56 Å². The van der Waals surface area contributed by atoms with Gasteiger partial charge in [-0.1, -0.05) is 12.2 Å². The summed E-state index contributed by atoms with van der Waals surface area (Å²) in [5.41, 5.74) is 0.627. The highest BCUT2D eigenvalue weighted by molar-refractivity contribution is 7.18. The largest absolute Gasteiger partial charge is 0.308 e. The molecule has 2 heterocycles. The van der Waals surface area contributed by atoms with E-state index in [-0.39, 0.29) is 23.1 Å². The van der Waals surface area contributed by atoms with Crippen molar-refractivity contribution in [2.24, 2.45) is 5.92 Å². The highest BCUT2D eigenvalue weighted by Gasteiger charge is 2.26. The first kappa shape index (κ1) is 15.6. The number of rotatable bonds is 4. The van der Waals surface area contributed by atoms with Gasteiger partial charge < -0.3 is 4.98 Å². The summed E-state index contributed by atoms with van der Waals surface area (Å²) in [6.07, 6.45) is 6.32. The lowest BCUT2D eigenvalue weighted by molar-refractivity contribution is -0.120. The first-order chi connectivity index (χ1) is 11.0. The van der Waals surface area contributed by atoms with Gasteiger partial charge in [-0.05, 0) is 38.2 Å². The summed E-state index contributed by atoms with van der Waals surface area (Å²) >= 11 is 1.42. The van der Waals surface area contributed by atoms with Crippen molar-refractivity contribution in [1.29, 1.82) is 5.26 Å². The summed E-state index contributed by atoms with van der Waals surface area (Å²) in [6.45, 7) is 3.81. The van der Waals surface area contributed by atoms with E-state index in [0.29, 0.717) is 16.6 Å². The number of hydrogen-bond acceptors (Lipinski definition) is 5. The molecule has 2 aromatic rings. The van der Waals surface area contributed by atoms with Crippen LogP contribution in [0.15, 0.2) is 16.9 Å². The molecule has 1 aliphatic carbocycles. The van der Waals surface area contributed by atoms with E-state index in [0.717, 1.165) is 23.3 Å². The summed E-state index contributed by atoms with van der Waals surface area (Å²) in [5, 5.41) is 9.95. The summed E-state index contributed by atoms with van der Waals surface area (Å²) < 4.78 is 0. The van der Waals surface area contributed by atoms with Gasteiger partial charge in [-0.2, -0.15) is 5.26 Å². The van der Waals surface area contributed by atoms with Crippen LogP contribution in [-0.4, -0.2) is 15.8 Å². The van der Waals surface area contributed by atoms with Gasteiger partial charge >= 0.3 is 0 Å². The third-order valence-electron chi connectivity index (χ3n) is 4.36. The van der Waals surface area contributed by atoms with E-state index in [1.165, 1.54) is 11.3 Å². The van der Waals surface area contributed by atoms with Crippen molar-refractivity contribution < 1.29 is 4.79 Å². The summed E-state index contributed by atoms with van der Waals surface area (Å²) in [6, 6.07) is 2.00. The van der Waals surface area contributed by atoms with Crippen molar-refractivity contribution in [3.8, 4) is 6.07 Å². The Hall–Kier alpha value is -2.26. The van der Waals surface area contributed by atoms with Gasteiger partial charge in [0.05, 0.1) is 11.5 Å². The molecular formula is C17H17N3O2S. The predicted octanol–water partition coefficient (Wildman–Crippen LogP) is 3.13. The molecule has 0 radical (unpaired) electrons. The standard InChI is InChI=1S/C17H17N3O2S/c1-9-10(2)23-17-14(9)16(22)19-15(20-17)12(8-18)13(21)7-11-5-3-4-6-11/h3,5,11-12H,4,6-7H2,1-2H3,(H,19,20,22)/t11-,12-/m0/s1. The first-order valence-corrected chi connectivity index (χ1v) is 8.41. The van der Waals surface area contributed by atoms with Crippen molar-refractivity contribution in [2.75, 3.05) is 0 Å². The van der Waals surface area contributed by atoms with E-state index in [4.69, 9.17) is 0 Å². The second-order valence-corrected chi connectivity index (χ2v) is 7.12. The van der Waals surface area contributed by atoms with Gasteiger partial charge in [-0.3, -0.25) is 9.59 Å². The van der Waals surface area contributed by atoms with Crippen LogP contribution < -0.4 is 5.56 Å². The number of thiophene rings is 1. The Morgan fingerprint density at radius 1 is 1.57 bits per heavy atom. The van der Waals surface area contributed by atoms with Crippen LogP contribution in [0.5, 0.6) is 0 Å². The quantitative estimate of drug-likeness (QED) is 0.874. The first-order valence-electron chi connectivity index (χ1n) is 7.60. The van der Waals surface area contributed by atoms with Gasteiger partial charge in [0, 0.05) is 11.3 Å². The zero-order valence-electron chi connectivity index (χ0n) is 13.0. The number of aromatic amines is 1. The molecule has 2 aromatic heterocycles. The number of nitriles is 1. The van der Waals surface area contributed by atoms with Gasteiger partial charge in [0.2, 0.25) is 0 Å². The molecular weight excluding hydrogens is 310 g/mol. The number of carbonyl (C=O) groups is 1. The van der Waals surface area contributed by atoms with E-state index in [2.05, 4.69) is 16.0 Å². The molecule has 0 fully saturated rings. The Bertz CT molecular complexity index is 901. The van der Waals surface area contributed by atoms with Crippen LogP contribution in [-0.2, 0) is 4.79 Å². The average molecular weight is 327 g/mol. The van der Waals surface area contributed by atoms with Crippen LogP contribution in [0.2, 0.25) is 0 Å². The number of aromatic nitrogens is 2. The SMILES string of the molecule is Cc1sc2nc([C@@H](C#N)C(=O)C[C@H]3C=CCC3)[nH]c(=O)c2c1C. The molecule has 0 bridgehead atoms. The number of aryl methyl sites for hydroxylation is 2. The molecule has 0 unspecified atom stereocenters. The Morgan fingerprint density at radius 3 is 3.00 bits per heavy atom. The number of Topliss-reactive ketones (excluding diaryl/α,β-unsaturated/α-hetero) is 1. The highest BCUT2D eigenvalue weighted by Crippen LogP contribution is 2.28. The molecule has 23 heavy (non-hydrogen) atoms. The molecule has 0 amide bonds. The molecule has 2 atom stereocenters. The highest BCUT2D eigenvalue weighted by atomic mass is 32.1. The number of allylic oxidation sites excluding steroid dienone is 2. The molecule has 0 saturated carbocycles. The Morgan fingerprint density at radius 2 is 2.35 bits per heavy atom. The second kappa shape index (κ2) is 6.09. The van der Waals surface area contributed by atoms with Crippen molar-refractivity contribution in [3.05, 3.63) is 38.8 Å². The van der Waals surface area contributed by atoms with Crippen LogP contribution in [0.25, 0.3) is 10.2 Å². The number of nitrogens with zero attached hydrogens (tertiary/aromatic N) is 2. The minimum absolute atomic E-state index is 0.165. The molecule has 0 saturated heterocycles. The minimum Gasteiger partial charge on any atom is -0.308 e. The van der Waals surface area contributed by atoms with Crippen molar-refractivity contribution in [1.82, 2.24) is 9.97 Å². The fourth-order valence-electron chi connectivity index (χ4n) is 2.94. The van der Waals surface area contributed by atoms with Gasteiger partial charge in [0.1, 0.15) is 10.7 Å². The number of ketones is 1. The van der Waals surface area contributed by atoms with Crippen LogP contribution in [0.3, 0.4) is 0 Å². The molecule has 5 nitrogen and oxygen atoms in total. The normalized spacial score (nSPS) is 18.2. The molecule has 6 heteroatoms. The maximum atomic E-state index is 12.4. The lowest BCUT2D eigenvalue weighted by atomic mass is 9.94. The van der Waals surface area contributed by atoms with E-state index in [1.54, 1.807) is 0 Å². The number of nitrogens with one attached hydrogen (secondary N) is 1. The molecule has 3 rings (SSSR count). The number of fused-ring (bicyclic) bond motifs is 1. The number of carbonyl (C=O) groups excluding carboxylic acids is 1. The molecule has 0 spiro atoms. The van der Waals surface area contributed by atoms with E-state index >= 15 is 0 Å². The smallest absolute Gasteiger partial charge is 0.259 e. The van der Waals surface area contributed by atoms with E-state index < -0.39 is 5.92 Å². The molecule has 118 valence electrons. The Labute approximate surface area is 137 Å². The van der Waals surface area contributed by atoms with Crippen LogP contribution >= 0.6 is 11.3 Å². The van der Waals surface area contributed by atoms with Crippen LogP contribution in [0.4, 0.5) is 0 Å². The van der Waals surface area contributed by atoms with Gasteiger partial charge in [-0.25, -0.2) is 4.98 Å². The maximum absolute atomic E-state index is 12.4. The third kappa shape index (κ3) is 2.84. The minimum atomic E-state index is -1.01. The van der Waals surface area contributed by atoms with Crippen molar-refractivity contribution in [2.45, 2.75) is 39.0 Å². The topological polar surface area (TPSA) is 86.6 Å². The lowest BCUT2D eigenvalue weighted by Gasteiger charge is -2.10. The van der Waals surface area contributed by atoms with E-state index in [1.807, 2.05) is 26.0 Å². The number of hydrogen-bond donors (Lipinski definition) is 1. The molecule has 0 aliphatic heterocycles. The zero-order valence-corrected chi connectivity index (χ0v) is 13.9. The second-order valence-electron chi connectivity index (χ2n) is 5.91. The fraction of sp³-hybridized carbons (Fsp3) is 0.412. The van der Waals surface area contributed by atoms with Crippen LogP contribution in [0, 0.1) is 31.1 Å². The van der Waals surface area contributed by atoms with Gasteiger partial charge in [0.15, 0.2) is 11.7 Å². The Balaban J connectivity index is 1.96. The number of H-pyrrole nitrogens is 1. The predicted molar refractivity (Wildman–Crippen MR) is 89.6 cm³/mol. The molecule has 1 aliphatic rings. The summed E-state index contributed by atoms with van der Waals surface area (Å²) in [5.74, 6) is -0.835. The van der Waals surface area contributed by atoms with E-state index in [9.17, 15) is 14.9 Å². The van der Waals surface area contributed by atoms with Gasteiger partial charge in [-0.15, -0.1) is 11.3 Å². The fourth-order valence-corrected chi connectivity index (χ4v) is 3.97. The van der Waals surface area contributed by atoms with Crippen molar-refractivity contribution >= 4 is 27.3 Å². The monoisotopic (exact) mass is 327 g/mol.